The highest BCUT2D eigenvalue weighted by Crippen LogP contribution is 2.40. The van der Waals surface area contributed by atoms with Crippen molar-refractivity contribution in [3.05, 3.63) is 52.4 Å². The van der Waals surface area contributed by atoms with Gasteiger partial charge in [-0.15, -0.1) is 0 Å². The number of nitrogens with one attached hydrogen (secondary N) is 1. The second-order valence-corrected chi connectivity index (χ2v) is 9.82. The molecular weight excluding hydrogens is 457 g/mol. The number of aliphatic hydroxyl groups excluding tert-OH is 1. The van der Waals surface area contributed by atoms with E-state index in [-0.39, 0.29) is 45.7 Å². The van der Waals surface area contributed by atoms with Crippen molar-refractivity contribution in [3.63, 3.8) is 0 Å². The fourth-order valence-electron chi connectivity index (χ4n) is 4.74. The lowest BCUT2D eigenvalue weighted by Crippen LogP contribution is -2.33. The predicted molar refractivity (Wildman–Crippen MR) is 131 cm³/mol. The molecule has 2 saturated carbocycles. The molecule has 2 fully saturated rings. The van der Waals surface area contributed by atoms with Crippen molar-refractivity contribution in [2.24, 2.45) is 11.7 Å². The van der Waals surface area contributed by atoms with Gasteiger partial charge in [0.1, 0.15) is 11.6 Å². The summed E-state index contributed by atoms with van der Waals surface area (Å²) in [5, 5.41) is 23.9. The van der Waals surface area contributed by atoms with Crippen LogP contribution in [0.3, 0.4) is 0 Å². The zero-order valence-electron chi connectivity index (χ0n) is 18.7. The van der Waals surface area contributed by atoms with E-state index >= 15 is 4.39 Å². The number of halogens is 2. The Morgan fingerprint density at radius 1 is 1.15 bits per heavy atom. The Morgan fingerprint density at radius 3 is 2.56 bits per heavy atom. The van der Waals surface area contributed by atoms with Crippen molar-refractivity contribution in [2.75, 3.05) is 5.32 Å². The number of hydrogen-bond acceptors (Lipinski definition) is 6. The molecule has 6 nitrogen and oxygen atoms in total. The first-order valence-corrected chi connectivity index (χ1v) is 12.0. The Balaban J connectivity index is 1.66. The van der Waals surface area contributed by atoms with Gasteiger partial charge in [-0.25, -0.2) is 4.39 Å². The van der Waals surface area contributed by atoms with Gasteiger partial charge in [0.25, 0.3) is 0 Å². The highest BCUT2D eigenvalue weighted by molar-refractivity contribution is 6.32. The van der Waals surface area contributed by atoms with E-state index in [1.54, 1.807) is 12.3 Å². The van der Waals surface area contributed by atoms with Crippen LogP contribution in [0.25, 0.3) is 22.0 Å². The molecule has 0 spiro atoms. The standard InChI is InChI=1S/C26H27ClFN3O3/c27-21-8-14(7-15(12-32)26(21)34)18-9-19-23(10-22(18)28)30-11-20(25(33)13-1-2-13)24(19)31-17-5-3-16(29)4-6-17/h7-11,13,16-17,32,34H,1-6,12,29H2,(H,30,31). The second kappa shape index (κ2) is 9.13. The normalized spacial score (nSPS) is 20.5. The van der Waals surface area contributed by atoms with Gasteiger partial charge in [-0.2, -0.15) is 0 Å². The Hall–Kier alpha value is -2.74. The first kappa shape index (κ1) is 23.0. The van der Waals surface area contributed by atoms with Crippen molar-refractivity contribution in [3.8, 4) is 16.9 Å². The van der Waals surface area contributed by atoms with Gasteiger partial charge >= 0.3 is 0 Å². The molecule has 0 radical (unpaired) electrons. The van der Waals surface area contributed by atoms with E-state index in [4.69, 9.17) is 17.3 Å². The van der Waals surface area contributed by atoms with Gasteiger partial charge in [0.15, 0.2) is 5.78 Å². The molecule has 0 atom stereocenters. The van der Waals surface area contributed by atoms with Gasteiger partial charge in [0.05, 0.1) is 28.4 Å². The zero-order chi connectivity index (χ0) is 24.0. The number of hydrogen-bond donors (Lipinski definition) is 4. The first-order chi connectivity index (χ1) is 16.4. The topological polar surface area (TPSA) is 108 Å². The largest absolute Gasteiger partial charge is 0.506 e. The maximum Gasteiger partial charge on any atom is 0.169 e. The van der Waals surface area contributed by atoms with Crippen LogP contribution in [-0.2, 0) is 6.61 Å². The lowest BCUT2D eigenvalue weighted by molar-refractivity contribution is 0.0968. The number of benzene rings is 2. The van der Waals surface area contributed by atoms with E-state index in [1.807, 2.05) is 0 Å². The highest BCUT2D eigenvalue weighted by Gasteiger charge is 2.33. The van der Waals surface area contributed by atoms with Crippen molar-refractivity contribution in [2.45, 2.75) is 57.2 Å². The maximum atomic E-state index is 15.2. The maximum absolute atomic E-state index is 15.2. The fourth-order valence-corrected chi connectivity index (χ4v) is 4.98. The highest BCUT2D eigenvalue weighted by atomic mass is 35.5. The molecule has 1 aromatic heterocycles. The van der Waals surface area contributed by atoms with Gasteiger partial charge < -0.3 is 21.3 Å². The molecule has 8 heteroatoms. The van der Waals surface area contributed by atoms with E-state index in [0.717, 1.165) is 38.5 Å². The summed E-state index contributed by atoms with van der Waals surface area (Å²) < 4.78 is 15.2. The van der Waals surface area contributed by atoms with Crippen molar-refractivity contribution in [1.82, 2.24) is 4.98 Å². The van der Waals surface area contributed by atoms with Gasteiger partial charge in [-0.3, -0.25) is 9.78 Å². The molecule has 178 valence electrons. The van der Waals surface area contributed by atoms with Crippen molar-refractivity contribution in [1.29, 1.82) is 0 Å². The number of pyridine rings is 1. The monoisotopic (exact) mass is 483 g/mol. The van der Waals surface area contributed by atoms with Crippen LogP contribution in [0.4, 0.5) is 10.1 Å². The molecule has 2 aromatic carbocycles. The predicted octanol–water partition coefficient (Wildman–Crippen LogP) is 5.17. The number of rotatable bonds is 6. The van der Waals surface area contributed by atoms with Crippen LogP contribution in [0.2, 0.25) is 5.02 Å². The number of aliphatic hydroxyl groups is 1. The molecule has 0 unspecified atom stereocenters. The molecule has 5 rings (SSSR count). The smallest absolute Gasteiger partial charge is 0.169 e. The summed E-state index contributed by atoms with van der Waals surface area (Å²) >= 11 is 6.14. The number of anilines is 1. The number of carbonyl (C=O) groups excluding carboxylic acids is 1. The Morgan fingerprint density at radius 2 is 1.88 bits per heavy atom. The third-order valence-electron chi connectivity index (χ3n) is 6.91. The summed E-state index contributed by atoms with van der Waals surface area (Å²) in [6.45, 7) is -0.438. The summed E-state index contributed by atoms with van der Waals surface area (Å²) in [5.74, 6) is -0.666. The quantitative estimate of drug-likeness (QED) is 0.360. The molecule has 0 amide bonds. The Labute approximate surface area is 202 Å². The van der Waals surface area contributed by atoms with E-state index < -0.39 is 12.4 Å². The summed E-state index contributed by atoms with van der Waals surface area (Å²) in [7, 11) is 0. The average molecular weight is 484 g/mol. The second-order valence-electron chi connectivity index (χ2n) is 9.41. The van der Waals surface area contributed by atoms with Crippen LogP contribution in [-0.4, -0.2) is 33.1 Å². The number of aromatic nitrogens is 1. The van der Waals surface area contributed by atoms with Crippen molar-refractivity contribution < 1.29 is 19.4 Å². The third-order valence-corrected chi connectivity index (χ3v) is 7.20. The molecule has 34 heavy (non-hydrogen) atoms. The van der Waals surface area contributed by atoms with Crippen molar-refractivity contribution >= 4 is 34.0 Å². The summed E-state index contributed by atoms with van der Waals surface area (Å²) in [4.78, 5) is 17.5. The number of aromatic hydroxyl groups is 1. The van der Waals surface area contributed by atoms with Crippen LogP contribution in [0, 0.1) is 11.7 Å². The number of fused-ring (bicyclic) bond motifs is 1. The third kappa shape index (κ3) is 4.35. The average Bonchev–Trinajstić information content (AvgIpc) is 3.67. The van der Waals surface area contributed by atoms with Gasteiger partial charge in [-0.05, 0) is 62.3 Å². The lowest BCUT2D eigenvalue weighted by Gasteiger charge is -2.29. The molecule has 5 N–H and O–H groups in total. The van der Waals surface area contributed by atoms with Gasteiger partial charge in [-0.1, -0.05) is 11.6 Å². The van der Waals surface area contributed by atoms with Gasteiger partial charge in [0, 0.05) is 46.8 Å². The number of nitrogens with zero attached hydrogens (tertiary/aromatic N) is 1. The summed E-state index contributed by atoms with van der Waals surface area (Å²) in [6.07, 6.45) is 6.90. The molecular formula is C26H27ClFN3O3. The van der Waals surface area contributed by atoms with E-state index in [2.05, 4.69) is 10.3 Å². The number of Topliss-reactive ketones (excluding diaryl/α,β-unsaturated/α-hetero) is 1. The Kier molecular flexibility index (Phi) is 6.18. The van der Waals surface area contributed by atoms with E-state index in [0.29, 0.717) is 27.7 Å². The lowest BCUT2D eigenvalue weighted by atomic mass is 9.90. The van der Waals surface area contributed by atoms with E-state index in [1.165, 1.54) is 18.2 Å². The minimum absolute atomic E-state index is 0.0162. The van der Waals surface area contributed by atoms with Crippen LogP contribution < -0.4 is 11.1 Å². The fraction of sp³-hybridized carbons (Fsp3) is 0.385. The van der Waals surface area contributed by atoms with Crippen LogP contribution >= 0.6 is 11.6 Å². The molecule has 2 aliphatic rings. The van der Waals surface area contributed by atoms with Crippen LogP contribution in [0.1, 0.15) is 54.4 Å². The molecule has 1 heterocycles. The molecule has 2 aliphatic carbocycles. The molecule has 0 bridgehead atoms. The molecule has 0 saturated heterocycles. The number of phenols is 1. The van der Waals surface area contributed by atoms with Crippen LogP contribution in [0.5, 0.6) is 5.75 Å². The summed E-state index contributed by atoms with van der Waals surface area (Å²) in [5.41, 5.74) is 8.59. The van der Waals surface area contributed by atoms with Crippen LogP contribution in [0.15, 0.2) is 30.5 Å². The van der Waals surface area contributed by atoms with Gasteiger partial charge in [0.2, 0.25) is 0 Å². The number of carbonyl (C=O) groups is 1. The summed E-state index contributed by atoms with van der Waals surface area (Å²) in [6, 6.07) is 6.34. The Bertz CT molecular complexity index is 1270. The van der Waals surface area contributed by atoms with E-state index in [9.17, 15) is 15.0 Å². The number of nitrogens with two attached hydrogens (primary N) is 1. The molecule has 3 aromatic rings. The number of ketones is 1. The molecule has 0 aliphatic heterocycles. The zero-order valence-corrected chi connectivity index (χ0v) is 19.4. The first-order valence-electron chi connectivity index (χ1n) is 11.7. The minimum Gasteiger partial charge on any atom is -0.506 e. The SMILES string of the molecule is NC1CCC(Nc2c(C(=O)C3CC3)cnc3cc(F)c(-c4cc(Cl)c(O)c(CO)c4)cc23)CC1. The minimum atomic E-state index is -0.512.